The molecule has 0 radical (unpaired) electrons. The van der Waals surface area contributed by atoms with Crippen LogP contribution in [0.3, 0.4) is 0 Å². The number of hydrogen-bond donors (Lipinski definition) is 2. The lowest BCUT2D eigenvalue weighted by molar-refractivity contribution is 0.804. The van der Waals surface area contributed by atoms with Gasteiger partial charge in [0.1, 0.15) is 10.9 Å². The summed E-state index contributed by atoms with van der Waals surface area (Å²) < 4.78 is 1.17. The highest BCUT2D eigenvalue weighted by Crippen LogP contribution is 2.21. The first-order chi connectivity index (χ1) is 13.5. The van der Waals surface area contributed by atoms with Gasteiger partial charge < -0.3 is 4.98 Å². The summed E-state index contributed by atoms with van der Waals surface area (Å²) in [6, 6.07) is 17.6. The number of aromatic nitrogens is 3. The van der Waals surface area contributed by atoms with Gasteiger partial charge in [-0.15, -0.1) is 0 Å². The lowest BCUT2D eigenvalue weighted by Crippen LogP contribution is -2.32. The number of aromatic amines is 2. The van der Waals surface area contributed by atoms with E-state index in [-0.39, 0.29) is 10.9 Å². The van der Waals surface area contributed by atoms with Gasteiger partial charge in [-0.25, -0.2) is 4.68 Å². The Morgan fingerprint density at radius 2 is 1.64 bits per heavy atom. The standard InChI is InChI=1S/C21H12ClN3O3/c22-12-8-9-14-15(10-12)23-18-17(19(14)26)20(27)24-25(21(18)28)16-7-3-5-11-4-1-2-6-13(11)16/h1-10H,(H,23,26)(H,24,27). The van der Waals surface area contributed by atoms with Crippen LogP contribution in [0.4, 0.5) is 0 Å². The van der Waals surface area contributed by atoms with Gasteiger partial charge in [-0.1, -0.05) is 48.0 Å². The van der Waals surface area contributed by atoms with Crippen molar-refractivity contribution in [2.45, 2.75) is 0 Å². The van der Waals surface area contributed by atoms with Crippen LogP contribution in [0, 0.1) is 0 Å². The van der Waals surface area contributed by atoms with E-state index in [0.29, 0.717) is 21.6 Å². The van der Waals surface area contributed by atoms with E-state index in [2.05, 4.69) is 10.1 Å². The molecule has 0 fully saturated rings. The fourth-order valence-electron chi connectivity index (χ4n) is 3.53. The van der Waals surface area contributed by atoms with Gasteiger partial charge in [0.05, 0.1) is 11.2 Å². The monoisotopic (exact) mass is 389 g/mol. The quantitative estimate of drug-likeness (QED) is 0.431. The number of fused-ring (bicyclic) bond motifs is 3. The third-order valence-corrected chi connectivity index (χ3v) is 5.06. The number of nitrogens with zero attached hydrogens (tertiary/aromatic N) is 1. The summed E-state index contributed by atoms with van der Waals surface area (Å²) in [7, 11) is 0. The van der Waals surface area contributed by atoms with Crippen LogP contribution in [0.25, 0.3) is 38.3 Å². The summed E-state index contributed by atoms with van der Waals surface area (Å²) in [5.41, 5.74) is -0.808. The molecule has 6 nitrogen and oxygen atoms in total. The molecular weight excluding hydrogens is 378 g/mol. The van der Waals surface area contributed by atoms with E-state index in [4.69, 9.17) is 11.6 Å². The molecule has 0 bridgehead atoms. The third kappa shape index (κ3) is 2.32. The zero-order chi connectivity index (χ0) is 19.4. The topological polar surface area (TPSA) is 87.7 Å². The minimum absolute atomic E-state index is 0.0588. The van der Waals surface area contributed by atoms with Crippen molar-refractivity contribution in [1.29, 1.82) is 0 Å². The number of H-pyrrole nitrogens is 2. The van der Waals surface area contributed by atoms with Crippen molar-refractivity contribution in [1.82, 2.24) is 14.8 Å². The van der Waals surface area contributed by atoms with Crippen LogP contribution in [0.5, 0.6) is 0 Å². The van der Waals surface area contributed by atoms with E-state index < -0.39 is 16.5 Å². The third-order valence-electron chi connectivity index (χ3n) is 4.83. The summed E-state index contributed by atoms with van der Waals surface area (Å²) in [5, 5.41) is 4.79. The first-order valence-electron chi connectivity index (χ1n) is 8.53. The maximum Gasteiger partial charge on any atom is 0.294 e. The van der Waals surface area contributed by atoms with Crippen LogP contribution in [0.2, 0.25) is 5.02 Å². The lowest BCUT2D eigenvalue weighted by Gasteiger charge is -2.10. The molecule has 0 aliphatic carbocycles. The van der Waals surface area contributed by atoms with Crippen molar-refractivity contribution in [3.05, 3.63) is 96.6 Å². The Morgan fingerprint density at radius 3 is 2.50 bits per heavy atom. The summed E-state index contributed by atoms with van der Waals surface area (Å²) in [5.74, 6) is 0. The fourth-order valence-corrected chi connectivity index (χ4v) is 3.71. The molecule has 5 rings (SSSR count). The number of halogens is 1. The molecule has 2 heterocycles. The zero-order valence-electron chi connectivity index (χ0n) is 14.3. The summed E-state index contributed by atoms with van der Waals surface area (Å²) >= 11 is 6.01. The second-order valence-corrected chi connectivity index (χ2v) is 6.91. The summed E-state index contributed by atoms with van der Waals surface area (Å²) in [4.78, 5) is 41.6. The number of nitrogens with one attached hydrogen (secondary N) is 2. The van der Waals surface area contributed by atoms with E-state index in [9.17, 15) is 14.4 Å². The van der Waals surface area contributed by atoms with Crippen molar-refractivity contribution in [2.75, 3.05) is 0 Å². The van der Waals surface area contributed by atoms with Crippen LogP contribution in [-0.2, 0) is 0 Å². The summed E-state index contributed by atoms with van der Waals surface area (Å²) in [6.45, 7) is 0. The molecule has 0 aliphatic rings. The van der Waals surface area contributed by atoms with Gasteiger partial charge in [-0.3, -0.25) is 19.5 Å². The Hall–Kier alpha value is -3.64. The number of rotatable bonds is 1. The maximum absolute atomic E-state index is 13.2. The van der Waals surface area contributed by atoms with Crippen LogP contribution in [-0.4, -0.2) is 14.8 Å². The van der Waals surface area contributed by atoms with Gasteiger partial charge in [-0.05, 0) is 29.7 Å². The van der Waals surface area contributed by atoms with E-state index in [1.54, 1.807) is 24.3 Å². The molecule has 0 saturated heterocycles. The van der Waals surface area contributed by atoms with Gasteiger partial charge in [0.15, 0.2) is 0 Å². The Kier molecular flexibility index (Phi) is 3.50. The number of hydrogen-bond acceptors (Lipinski definition) is 3. The van der Waals surface area contributed by atoms with Crippen molar-refractivity contribution in [2.24, 2.45) is 0 Å². The van der Waals surface area contributed by atoms with Gasteiger partial charge in [0.25, 0.3) is 11.1 Å². The maximum atomic E-state index is 13.2. The highest BCUT2D eigenvalue weighted by Gasteiger charge is 2.16. The second-order valence-electron chi connectivity index (χ2n) is 6.47. The molecule has 28 heavy (non-hydrogen) atoms. The molecule has 136 valence electrons. The van der Waals surface area contributed by atoms with Crippen LogP contribution < -0.4 is 16.5 Å². The van der Waals surface area contributed by atoms with Crippen LogP contribution >= 0.6 is 11.6 Å². The first-order valence-corrected chi connectivity index (χ1v) is 8.91. The molecule has 0 saturated carbocycles. The number of benzene rings is 3. The van der Waals surface area contributed by atoms with Crippen molar-refractivity contribution < 1.29 is 0 Å². The van der Waals surface area contributed by atoms with Gasteiger partial charge in [-0.2, -0.15) is 0 Å². The first kappa shape index (κ1) is 16.5. The normalized spacial score (nSPS) is 11.5. The predicted molar refractivity (Wildman–Crippen MR) is 111 cm³/mol. The number of pyridine rings is 1. The smallest absolute Gasteiger partial charge is 0.294 e. The molecule has 2 N–H and O–H groups in total. The molecular formula is C21H12ClN3O3. The second kappa shape index (κ2) is 5.94. The van der Waals surface area contributed by atoms with E-state index >= 15 is 0 Å². The minimum atomic E-state index is -0.638. The fraction of sp³-hybridized carbons (Fsp3) is 0. The molecule has 0 amide bonds. The zero-order valence-corrected chi connectivity index (χ0v) is 15.1. The van der Waals surface area contributed by atoms with Crippen molar-refractivity contribution in [3.63, 3.8) is 0 Å². The van der Waals surface area contributed by atoms with Gasteiger partial charge in [0, 0.05) is 15.8 Å². The van der Waals surface area contributed by atoms with Gasteiger partial charge in [0.2, 0.25) is 5.43 Å². The largest absolute Gasteiger partial charge is 0.350 e. The van der Waals surface area contributed by atoms with E-state index in [1.807, 2.05) is 30.3 Å². The Balaban J connectivity index is 1.96. The van der Waals surface area contributed by atoms with Crippen LogP contribution in [0.1, 0.15) is 0 Å². The Bertz CT molecular complexity index is 1590. The molecule has 5 aromatic rings. The van der Waals surface area contributed by atoms with Gasteiger partial charge >= 0.3 is 0 Å². The Labute approximate surface area is 161 Å². The van der Waals surface area contributed by atoms with Crippen molar-refractivity contribution in [3.8, 4) is 5.69 Å². The van der Waals surface area contributed by atoms with Crippen LogP contribution in [0.15, 0.2) is 75.0 Å². The highest BCUT2D eigenvalue weighted by molar-refractivity contribution is 6.31. The molecule has 2 aromatic heterocycles. The SMILES string of the molecule is O=c1[nH]n(-c2cccc3ccccc23)c(=O)c2[nH]c3cc(Cl)ccc3c(=O)c12. The average Bonchev–Trinajstić information content (AvgIpc) is 2.70. The van der Waals surface area contributed by atoms with Crippen molar-refractivity contribution >= 4 is 44.2 Å². The molecule has 0 unspecified atom stereocenters. The molecule has 0 spiro atoms. The molecule has 0 atom stereocenters. The average molecular weight is 390 g/mol. The summed E-state index contributed by atoms with van der Waals surface area (Å²) in [6.07, 6.45) is 0. The predicted octanol–water partition coefficient (Wildman–Crippen LogP) is 3.33. The lowest BCUT2D eigenvalue weighted by atomic mass is 10.1. The molecule has 7 heteroatoms. The molecule has 0 aliphatic heterocycles. The van der Waals surface area contributed by atoms with E-state index in [0.717, 1.165) is 10.8 Å². The minimum Gasteiger partial charge on any atom is -0.350 e. The van der Waals surface area contributed by atoms with E-state index in [1.165, 1.54) is 10.7 Å². The Morgan fingerprint density at radius 1 is 0.857 bits per heavy atom. The highest BCUT2D eigenvalue weighted by atomic mass is 35.5. The molecule has 3 aromatic carbocycles.